The van der Waals surface area contributed by atoms with Gasteiger partial charge in [0.25, 0.3) is 11.5 Å². The Morgan fingerprint density at radius 2 is 1.80 bits per heavy atom. The normalized spacial score (nSPS) is 14.6. The van der Waals surface area contributed by atoms with Gasteiger partial charge < -0.3 is 9.64 Å². The van der Waals surface area contributed by atoms with Gasteiger partial charge in [-0.2, -0.15) is 10.2 Å². The van der Waals surface area contributed by atoms with Crippen LogP contribution < -0.4 is 10.3 Å². The molecule has 1 aromatic carbocycles. The molecule has 0 saturated carbocycles. The molecule has 1 fully saturated rings. The molecule has 1 saturated heterocycles. The molecular weight excluding hydrogens is 440 g/mol. The number of fused-ring (bicyclic) bond motifs is 1. The summed E-state index contributed by atoms with van der Waals surface area (Å²) in [6, 6.07) is 13.2. The topological polar surface area (TPSA) is 87.7 Å². The summed E-state index contributed by atoms with van der Waals surface area (Å²) < 4.78 is 7.50. The Bertz CT molecular complexity index is 1380. The third-order valence-electron chi connectivity index (χ3n) is 6.27. The first-order chi connectivity index (χ1) is 16.7. The highest BCUT2D eigenvalue weighted by Gasteiger charge is 2.23. The molecule has 1 aliphatic rings. The summed E-state index contributed by atoms with van der Waals surface area (Å²) in [4.78, 5) is 32.8. The van der Waals surface area contributed by atoms with Gasteiger partial charge in [0.1, 0.15) is 28.6 Å². The third kappa shape index (κ3) is 5.12. The minimum Gasteiger partial charge on any atom is -0.438 e. The lowest BCUT2D eigenvalue weighted by molar-refractivity contribution is -0.127. The van der Waals surface area contributed by atoms with E-state index >= 15 is 0 Å². The quantitative estimate of drug-likeness (QED) is 0.395. The highest BCUT2D eigenvalue weighted by atomic mass is 16.5. The summed E-state index contributed by atoms with van der Waals surface area (Å²) in [6.45, 7) is 9.46. The fourth-order valence-corrected chi connectivity index (χ4v) is 4.18. The first-order valence-electron chi connectivity index (χ1n) is 11.9. The summed E-state index contributed by atoms with van der Waals surface area (Å²) in [7, 11) is 0. The number of nitriles is 1. The van der Waals surface area contributed by atoms with Crippen molar-refractivity contribution in [2.45, 2.75) is 52.4 Å². The molecule has 2 aromatic heterocycles. The molecule has 0 bridgehead atoms. The molecule has 0 unspecified atom stereocenters. The second-order valence-corrected chi connectivity index (χ2v) is 9.92. The molecule has 0 radical (unpaired) electrons. The van der Waals surface area contributed by atoms with Crippen LogP contribution in [0.4, 0.5) is 0 Å². The van der Waals surface area contributed by atoms with Crippen molar-refractivity contribution in [2.75, 3.05) is 13.1 Å². The number of nitrogens with zero attached hydrogens (tertiary/aromatic N) is 4. The lowest BCUT2D eigenvalue weighted by Gasteiger charge is -2.26. The SMILES string of the molecule is Cc1cccn2c(=O)c(C=C(C#N)C(=O)N3CCCCC3)c(Oc3ccc(C(C)(C)C)cc3)nc12. The molecule has 7 heteroatoms. The number of carbonyl (C=O) groups excluding carboxylic acids is 1. The van der Waals surface area contributed by atoms with E-state index in [-0.39, 0.29) is 28.3 Å². The smallest absolute Gasteiger partial charge is 0.269 e. The second-order valence-electron chi connectivity index (χ2n) is 9.92. The van der Waals surface area contributed by atoms with Gasteiger partial charge in [-0.25, -0.2) is 0 Å². The van der Waals surface area contributed by atoms with Crippen molar-refractivity contribution >= 4 is 17.6 Å². The summed E-state index contributed by atoms with van der Waals surface area (Å²) in [5.41, 5.74) is 1.95. The number of aryl methyl sites for hydroxylation is 1. The van der Waals surface area contributed by atoms with E-state index in [1.807, 2.05) is 43.3 Å². The van der Waals surface area contributed by atoms with Gasteiger partial charge in [-0.05, 0) is 67.0 Å². The Balaban J connectivity index is 1.82. The van der Waals surface area contributed by atoms with Crippen LogP contribution in [0.2, 0.25) is 0 Å². The molecule has 180 valence electrons. The molecule has 1 amide bonds. The summed E-state index contributed by atoms with van der Waals surface area (Å²) >= 11 is 0. The van der Waals surface area contributed by atoms with Crippen molar-refractivity contribution in [3.8, 4) is 17.7 Å². The summed E-state index contributed by atoms with van der Waals surface area (Å²) in [6.07, 6.45) is 5.82. The number of amides is 1. The fourth-order valence-electron chi connectivity index (χ4n) is 4.18. The third-order valence-corrected chi connectivity index (χ3v) is 6.27. The average molecular weight is 471 g/mol. The van der Waals surface area contributed by atoms with E-state index in [1.165, 1.54) is 10.5 Å². The Hall–Kier alpha value is -3.92. The van der Waals surface area contributed by atoms with Crippen LogP contribution in [0.1, 0.15) is 56.7 Å². The number of ether oxygens (including phenoxy) is 1. The van der Waals surface area contributed by atoms with Gasteiger partial charge in [-0.3, -0.25) is 14.0 Å². The van der Waals surface area contributed by atoms with E-state index in [9.17, 15) is 14.9 Å². The molecule has 0 atom stereocenters. The number of benzene rings is 1. The van der Waals surface area contributed by atoms with Crippen molar-refractivity contribution in [3.63, 3.8) is 0 Å². The maximum absolute atomic E-state index is 13.5. The predicted octanol–water partition coefficient (Wildman–Crippen LogP) is 5.01. The van der Waals surface area contributed by atoms with E-state index in [2.05, 4.69) is 25.8 Å². The average Bonchev–Trinajstić information content (AvgIpc) is 2.84. The zero-order valence-corrected chi connectivity index (χ0v) is 20.7. The van der Waals surface area contributed by atoms with Crippen molar-refractivity contribution in [2.24, 2.45) is 0 Å². The highest BCUT2D eigenvalue weighted by Crippen LogP contribution is 2.28. The van der Waals surface area contributed by atoms with Gasteiger partial charge in [0.05, 0.1) is 0 Å². The molecule has 0 aliphatic carbocycles. The van der Waals surface area contributed by atoms with Crippen molar-refractivity contribution in [1.29, 1.82) is 5.26 Å². The van der Waals surface area contributed by atoms with Crippen LogP contribution >= 0.6 is 0 Å². The monoisotopic (exact) mass is 470 g/mol. The first-order valence-corrected chi connectivity index (χ1v) is 11.9. The molecule has 3 aromatic rings. The van der Waals surface area contributed by atoms with Crippen molar-refractivity contribution in [3.05, 3.63) is 75.2 Å². The molecule has 4 rings (SSSR count). The van der Waals surface area contributed by atoms with Crippen LogP contribution in [0, 0.1) is 18.3 Å². The lowest BCUT2D eigenvalue weighted by Crippen LogP contribution is -2.36. The van der Waals surface area contributed by atoms with E-state index in [0.717, 1.165) is 30.4 Å². The second kappa shape index (κ2) is 9.75. The molecule has 0 N–H and O–H groups in total. The van der Waals surface area contributed by atoms with E-state index < -0.39 is 5.56 Å². The molecule has 7 nitrogen and oxygen atoms in total. The molecule has 35 heavy (non-hydrogen) atoms. The van der Waals surface area contributed by atoms with Crippen LogP contribution in [0.15, 0.2) is 53.0 Å². The maximum atomic E-state index is 13.5. The predicted molar refractivity (Wildman–Crippen MR) is 135 cm³/mol. The summed E-state index contributed by atoms with van der Waals surface area (Å²) in [5.74, 6) is 0.201. The molecular formula is C28H30N4O3. The number of rotatable bonds is 4. The van der Waals surface area contributed by atoms with Crippen molar-refractivity contribution < 1.29 is 9.53 Å². The van der Waals surface area contributed by atoms with Crippen LogP contribution in [0.25, 0.3) is 11.7 Å². The van der Waals surface area contributed by atoms with Crippen LogP contribution in [-0.2, 0) is 10.2 Å². The number of aromatic nitrogens is 2. The molecule has 1 aliphatic heterocycles. The minimum absolute atomic E-state index is 0.0138. The number of carbonyl (C=O) groups is 1. The number of piperidine rings is 1. The zero-order valence-electron chi connectivity index (χ0n) is 20.7. The number of pyridine rings is 1. The Morgan fingerprint density at radius 1 is 1.11 bits per heavy atom. The molecule has 3 heterocycles. The highest BCUT2D eigenvalue weighted by molar-refractivity contribution is 6.02. The minimum atomic E-state index is -0.404. The standard InChI is InChI=1S/C28H30N4O3/c1-19-9-8-16-32-24(19)30-25(35-22-12-10-21(11-13-22)28(2,3)4)23(27(32)34)17-20(18-29)26(33)31-14-6-5-7-15-31/h8-13,16-17H,5-7,14-15H2,1-4H3. The van der Waals surface area contributed by atoms with Crippen molar-refractivity contribution in [1.82, 2.24) is 14.3 Å². The molecule has 0 spiro atoms. The van der Waals surface area contributed by atoms with E-state index in [0.29, 0.717) is 24.5 Å². The van der Waals surface area contributed by atoms with E-state index in [4.69, 9.17) is 4.74 Å². The number of hydrogen-bond acceptors (Lipinski definition) is 5. The zero-order chi connectivity index (χ0) is 25.2. The van der Waals surface area contributed by atoms with Gasteiger partial charge >= 0.3 is 0 Å². The van der Waals surface area contributed by atoms with Gasteiger partial charge in [-0.15, -0.1) is 0 Å². The van der Waals surface area contributed by atoms with Gasteiger partial charge in [-0.1, -0.05) is 39.0 Å². The summed E-state index contributed by atoms with van der Waals surface area (Å²) in [5, 5.41) is 9.79. The number of likely N-dealkylation sites (tertiary alicyclic amines) is 1. The van der Waals surface area contributed by atoms with Gasteiger partial charge in [0.2, 0.25) is 5.88 Å². The van der Waals surface area contributed by atoms with E-state index in [1.54, 1.807) is 17.2 Å². The number of hydrogen-bond donors (Lipinski definition) is 0. The van der Waals surface area contributed by atoms with Gasteiger partial charge in [0.15, 0.2) is 0 Å². The van der Waals surface area contributed by atoms with Crippen LogP contribution in [0.5, 0.6) is 11.6 Å². The Morgan fingerprint density at radius 3 is 2.43 bits per heavy atom. The van der Waals surface area contributed by atoms with Crippen LogP contribution in [0.3, 0.4) is 0 Å². The largest absolute Gasteiger partial charge is 0.438 e. The van der Waals surface area contributed by atoms with Crippen LogP contribution in [-0.4, -0.2) is 33.3 Å². The lowest BCUT2D eigenvalue weighted by atomic mass is 9.87. The Kier molecular flexibility index (Phi) is 6.74. The first kappa shape index (κ1) is 24.2. The van der Waals surface area contributed by atoms with Gasteiger partial charge in [0, 0.05) is 19.3 Å². The Labute approximate surface area is 205 Å². The maximum Gasteiger partial charge on any atom is 0.269 e. The fraction of sp³-hybridized carbons (Fsp3) is 0.357.